The van der Waals surface area contributed by atoms with Crippen LogP contribution in [0.4, 0.5) is 0 Å². The molecular formula is C27H31N3O3. The molecule has 1 fully saturated rings. The maximum atomic E-state index is 13.4. The minimum atomic E-state index is -0.542. The molecule has 1 aliphatic rings. The predicted octanol–water partition coefficient (Wildman–Crippen LogP) is 4.27. The van der Waals surface area contributed by atoms with Crippen molar-refractivity contribution in [2.45, 2.75) is 52.2 Å². The molecule has 6 heteroatoms. The van der Waals surface area contributed by atoms with Crippen LogP contribution in [0, 0.1) is 0 Å². The Bertz CT molecular complexity index is 1140. The maximum absolute atomic E-state index is 13.4. The number of Topliss-reactive ketones (excluding diaryl/α,β-unsaturated/α-hetero) is 1. The molecule has 0 atom stereocenters. The number of amides is 2. The van der Waals surface area contributed by atoms with Crippen molar-refractivity contribution in [1.29, 1.82) is 0 Å². The molecule has 0 radical (unpaired) electrons. The van der Waals surface area contributed by atoms with E-state index in [1.165, 1.54) is 0 Å². The third-order valence-electron chi connectivity index (χ3n) is 6.32. The summed E-state index contributed by atoms with van der Waals surface area (Å²) in [5.74, 6) is -1.02. The summed E-state index contributed by atoms with van der Waals surface area (Å²) >= 11 is 0. The zero-order valence-corrected chi connectivity index (χ0v) is 19.4. The number of ketones is 1. The van der Waals surface area contributed by atoms with Crippen molar-refractivity contribution in [3.8, 4) is 0 Å². The number of hydrogen-bond acceptors (Lipinski definition) is 3. The van der Waals surface area contributed by atoms with Gasteiger partial charge in [-0.25, -0.2) is 0 Å². The second-order valence-electron chi connectivity index (χ2n) is 8.97. The molecule has 0 aliphatic carbocycles. The molecule has 0 unspecified atom stereocenters. The highest BCUT2D eigenvalue weighted by Gasteiger charge is 2.28. The Kier molecular flexibility index (Phi) is 6.92. The van der Waals surface area contributed by atoms with Gasteiger partial charge in [0, 0.05) is 42.8 Å². The molecule has 4 rings (SSSR count). The lowest BCUT2D eigenvalue weighted by Crippen LogP contribution is -2.40. The van der Waals surface area contributed by atoms with Gasteiger partial charge in [0.1, 0.15) is 6.54 Å². The Morgan fingerprint density at radius 3 is 2.27 bits per heavy atom. The van der Waals surface area contributed by atoms with Crippen LogP contribution in [-0.4, -0.2) is 51.1 Å². The van der Waals surface area contributed by atoms with E-state index in [1.54, 1.807) is 11.1 Å². The summed E-state index contributed by atoms with van der Waals surface area (Å²) < 4.78 is 1.81. The number of carbonyl (C=O) groups excluding carboxylic acids is 3. The van der Waals surface area contributed by atoms with Gasteiger partial charge in [-0.3, -0.25) is 14.4 Å². The summed E-state index contributed by atoms with van der Waals surface area (Å²) in [5.41, 5.74) is 2.11. The highest BCUT2D eigenvalue weighted by atomic mass is 16.2. The molecule has 33 heavy (non-hydrogen) atoms. The zero-order chi connectivity index (χ0) is 23.4. The molecule has 172 valence electrons. The first kappa shape index (κ1) is 22.8. The topological polar surface area (TPSA) is 62.6 Å². The minimum Gasteiger partial charge on any atom is -0.341 e. The fourth-order valence-corrected chi connectivity index (χ4v) is 4.46. The van der Waals surface area contributed by atoms with Crippen LogP contribution in [-0.2, 0) is 22.7 Å². The number of piperidine rings is 1. The Labute approximate surface area is 194 Å². The lowest BCUT2D eigenvalue weighted by Gasteiger charge is -2.27. The standard InChI is InChI=1S/C27H31N3O3/c1-20(2)30(17-21-11-5-3-6-12-21)27(33)26(32)23-18-29(24-14-8-7-13-22(23)24)19-25(31)28-15-9-4-10-16-28/h3,5-8,11-14,18,20H,4,9-10,15-17,19H2,1-2H3. The minimum absolute atomic E-state index is 0.0497. The summed E-state index contributed by atoms with van der Waals surface area (Å²) in [5, 5.41) is 0.700. The monoisotopic (exact) mass is 445 g/mol. The Morgan fingerprint density at radius 1 is 0.909 bits per heavy atom. The number of aromatic nitrogens is 1. The van der Waals surface area contributed by atoms with Crippen molar-refractivity contribution in [1.82, 2.24) is 14.4 Å². The molecule has 2 aromatic carbocycles. The average Bonchev–Trinajstić information content (AvgIpc) is 3.21. The molecule has 1 aromatic heterocycles. The van der Waals surface area contributed by atoms with E-state index < -0.39 is 11.7 Å². The molecule has 3 aromatic rings. The first-order valence-corrected chi connectivity index (χ1v) is 11.7. The van der Waals surface area contributed by atoms with Gasteiger partial charge in [0.2, 0.25) is 5.91 Å². The van der Waals surface area contributed by atoms with E-state index in [9.17, 15) is 14.4 Å². The van der Waals surface area contributed by atoms with E-state index >= 15 is 0 Å². The highest BCUT2D eigenvalue weighted by molar-refractivity contribution is 6.44. The summed E-state index contributed by atoms with van der Waals surface area (Å²) in [7, 11) is 0. The zero-order valence-electron chi connectivity index (χ0n) is 19.4. The largest absolute Gasteiger partial charge is 0.341 e. The highest BCUT2D eigenvalue weighted by Crippen LogP contribution is 2.24. The van der Waals surface area contributed by atoms with Crippen molar-refractivity contribution in [3.05, 3.63) is 71.9 Å². The Morgan fingerprint density at radius 2 is 1.58 bits per heavy atom. The molecular weight excluding hydrogens is 414 g/mol. The maximum Gasteiger partial charge on any atom is 0.295 e. The van der Waals surface area contributed by atoms with Gasteiger partial charge in [-0.05, 0) is 44.7 Å². The van der Waals surface area contributed by atoms with Gasteiger partial charge in [0.25, 0.3) is 11.7 Å². The summed E-state index contributed by atoms with van der Waals surface area (Å²) in [6.45, 7) is 5.93. The van der Waals surface area contributed by atoms with E-state index in [4.69, 9.17) is 0 Å². The molecule has 2 heterocycles. The van der Waals surface area contributed by atoms with Gasteiger partial charge in [-0.1, -0.05) is 48.5 Å². The fraction of sp³-hybridized carbons (Fsp3) is 0.370. The van der Waals surface area contributed by atoms with Crippen molar-refractivity contribution in [2.24, 2.45) is 0 Å². The van der Waals surface area contributed by atoms with Crippen LogP contribution in [0.1, 0.15) is 49.0 Å². The van der Waals surface area contributed by atoms with Crippen molar-refractivity contribution in [3.63, 3.8) is 0 Å². The first-order valence-electron chi connectivity index (χ1n) is 11.7. The second-order valence-corrected chi connectivity index (χ2v) is 8.97. The van der Waals surface area contributed by atoms with Crippen LogP contribution >= 0.6 is 0 Å². The van der Waals surface area contributed by atoms with Crippen molar-refractivity contribution in [2.75, 3.05) is 13.1 Å². The molecule has 0 spiro atoms. The number of benzene rings is 2. The van der Waals surface area contributed by atoms with Crippen LogP contribution in [0.3, 0.4) is 0 Å². The number of rotatable bonds is 7. The summed E-state index contributed by atoms with van der Waals surface area (Å²) in [6.07, 6.45) is 4.89. The molecule has 0 N–H and O–H groups in total. The molecule has 0 saturated carbocycles. The third-order valence-corrected chi connectivity index (χ3v) is 6.32. The van der Waals surface area contributed by atoms with E-state index in [0.717, 1.165) is 43.4 Å². The number of para-hydroxylation sites is 1. The van der Waals surface area contributed by atoms with Crippen LogP contribution in [0.25, 0.3) is 10.9 Å². The number of carbonyl (C=O) groups is 3. The smallest absolute Gasteiger partial charge is 0.295 e. The number of likely N-dealkylation sites (tertiary alicyclic amines) is 1. The van der Waals surface area contributed by atoms with Gasteiger partial charge in [0.15, 0.2) is 0 Å². The van der Waals surface area contributed by atoms with Crippen LogP contribution in [0.2, 0.25) is 0 Å². The van der Waals surface area contributed by atoms with E-state index in [2.05, 4.69) is 0 Å². The molecule has 1 saturated heterocycles. The van der Waals surface area contributed by atoms with Gasteiger partial charge in [-0.2, -0.15) is 0 Å². The van der Waals surface area contributed by atoms with E-state index in [0.29, 0.717) is 17.5 Å². The van der Waals surface area contributed by atoms with Crippen LogP contribution < -0.4 is 0 Å². The summed E-state index contributed by atoms with van der Waals surface area (Å²) in [6, 6.07) is 17.0. The molecule has 2 amide bonds. The lowest BCUT2D eigenvalue weighted by molar-refractivity contribution is -0.132. The van der Waals surface area contributed by atoms with E-state index in [-0.39, 0.29) is 18.5 Å². The first-order chi connectivity index (χ1) is 16.0. The average molecular weight is 446 g/mol. The number of fused-ring (bicyclic) bond motifs is 1. The van der Waals surface area contributed by atoms with Crippen LogP contribution in [0.15, 0.2) is 60.8 Å². The van der Waals surface area contributed by atoms with E-state index in [1.807, 2.05) is 77.9 Å². The normalized spacial score (nSPS) is 14.0. The summed E-state index contributed by atoms with van der Waals surface area (Å²) in [4.78, 5) is 43.1. The third kappa shape index (κ3) is 5.00. The predicted molar refractivity (Wildman–Crippen MR) is 129 cm³/mol. The van der Waals surface area contributed by atoms with Crippen molar-refractivity contribution >= 4 is 28.5 Å². The number of hydrogen-bond donors (Lipinski definition) is 0. The van der Waals surface area contributed by atoms with Gasteiger partial charge in [-0.15, -0.1) is 0 Å². The number of nitrogens with zero attached hydrogens (tertiary/aromatic N) is 3. The van der Waals surface area contributed by atoms with Gasteiger partial charge < -0.3 is 14.4 Å². The van der Waals surface area contributed by atoms with Gasteiger partial charge >= 0.3 is 0 Å². The molecule has 1 aliphatic heterocycles. The fourth-order valence-electron chi connectivity index (χ4n) is 4.46. The Hall–Kier alpha value is -3.41. The molecule has 6 nitrogen and oxygen atoms in total. The second kappa shape index (κ2) is 10.0. The van der Waals surface area contributed by atoms with Crippen molar-refractivity contribution < 1.29 is 14.4 Å². The SMILES string of the molecule is CC(C)N(Cc1ccccc1)C(=O)C(=O)c1cn(CC(=O)N2CCCCC2)c2ccccc12. The van der Waals surface area contributed by atoms with Gasteiger partial charge in [0.05, 0.1) is 5.56 Å². The molecule has 0 bridgehead atoms. The Balaban J connectivity index is 1.61. The van der Waals surface area contributed by atoms with Crippen LogP contribution in [0.5, 0.6) is 0 Å². The lowest BCUT2D eigenvalue weighted by atomic mass is 10.1. The quantitative estimate of drug-likeness (QED) is 0.403.